The molecule has 88 valence electrons. The molecule has 0 bridgehead atoms. The van der Waals surface area contributed by atoms with Crippen LogP contribution in [0.15, 0.2) is 0 Å². The Morgan fingerprint density at radius 3 is 2.27 bits per heavy atom. The van der Waals surface area contributed by atoms with Gasteiger partial charge in [-0.15, -0.1) is 0 Å². The van der Waals surface area contributed by atoms with E-state index < -0.39 is 15.8 Å². The molecule has 0 fully saturated rings. The van der Waals surface area contributed by atoms with Gasteiger partial charge in [-0.25, -0.2) is 13.1 Å². The molecule has 6 heteroatoms. The van der Waals surface area contributed by atoms with E-state index >= 15 is 0 Å². The minimum absolute atomic E-state index is 0.0530. The first-order valence-corrected chi connectivity index (χ1v) is 7.72. The van der Waals surface area contributed by atoms with E-state index in [4.69, 9.17) is 5.26 Å². The molecule has 0 aromatic carbocycles. The predicted octanol–water partition coefficient (Wildman–Crippen LogP) is 1.35. The molecule has 0 amide bonds. The summed E-state index contributed by atoms with van der Waals surface area (Å²) >= 11 is 1.67. The molecule has 0 atom stereocenters. The predicted molar refractivity (Wildman–Crippen MR) is 64.2 cm³/mol. The Morgan fingerprint density at radius 1 is 1.40 bits per heavy atom. The Morgan fingerprint density at radius 2 is 1.93 bits per heavy atom. The summed E-state index contributed by atoms with van der Waals surface area (Å²) in [7, 11) is -3.42. The molecular weight excluding hydrogens is 232 g/mol. The second-order valence-electron chi connectivity index (χ2n) is 3.33. The average molecular weight is 250 g/mol. The zero-order valence-electron chi connectivity index (χ0n) is 9.41. The van der Waals surface area contributed by atoms with Crippen molar-refractivity contribution < 1.29 is 8.42 Å². The summed E-state index contributed by atoms with van der Waals surface area (Å²) in [4.78, 5) is 0. The van der Waals surface area contributed by atoms with Crippen LogP contribution in [0.4, 0.5) is 0 Å². The molecular formula is C9H18N2O2S2. The smallest absolute Gasteiger partial charge is 0.213 e. The highest BCUT2D eigenvalue weighted by Gasteiger charge is 2.26. The maximum Gasteiger partial charge on any atom is 0.225 e. The summed E-state index contributed by atoms with van der Waals surface area (Å²) < 4.78 is 25.0. The normalized spacial score (nSPS) is 12.4. The van der Waals surface area contributed by atoms with Crippen LogP contribution in [0.2, 0.25) is 0 Å². The molecule has 0 aromatic heterocycles. The van der Waals surface area contributed by atoms with E-state index in [-0.39, 0.29) is 4.75 Å². The Kier molecular flexibility index (Phi) is 6.25. The molecule has 4 nitrogen and oxygen atoms in total. The van der Waals surface area contributed by atoms with Gasteiger partial charge in [0.15, 0.2) is 5.75 Å². The molecule has 0 aliphatic rings. The maximum atomic E-state index is 11.3. The van der Waals surface area contributed by atoms with Crippen LogP contribution in [0.5, 0.6) is 0 Å². The van der Waals surface area contributed by atoms with Crippen LogP contribution in [0.25, 0.3) is 0 Å². The molecule has 1 N–H and O–H groups in total. The molecule has 0 heterocycles. The summed E-state index contributed by atoms with van der Waals surface area (Å²) in [6, 6.07) is 1.64. The molecule has 0 saturated carbocycles. The van der Waals surface area contributed by atoms with Gasteiger partial charge in [-0.05, 0) is 19.1 Å². The van der Waals surface area contributed by atoms with Crippen molar-refractivity contribution in [2.75, 3.05) is 18.6 Å². The van der Waals surface area contributed by atoms with Gasteiger partial charge < -0.3 is 0 Å². The molecule has 0 unspecified atom stereocenters. The van der Waals surface area contributed by atoms with E-state index in [9.17, 15) is 8.42 Å². The first kappa shape index (κ1) is 14.8. The number of hydrogen-bond acceptors (Lipinski definition) is 4. The summed E-state index contributed by atoms with van der Waals surface area (Å²) in [6.45, 7) is 4.47. The number of nitrogens with zero attached hydrogens (tertiary/aromatic N) is 1. The van der Waals surface area contributed by atoms with Crippen LogP contribution in [-0.2, 0) is 10.0 Å². The Balaban J connectivity index is 4.42. The van der Waals surface area contributed by atoms with Crippen molar-refractivity contribution in [2.24, 2.45) is 0 Å². The van der Waals surface area contributed by atoms with Crippen molar-refractivity contribution in [1.82, 2.24) is 4.72 Å². The second-order valence-corrected chi connectivity index (χ2v) is 6.41. The van der Waals surface area contributed by atoms with Gasteiger partial charge in [-0.2, -0.15) is 17.0 Å². The molecule has 0 saturated heterocycles. The summed E-state index contributed by atoms with van der Waals surface area (Å²) in [5, 5.41) is 8.33. The molecule has 0 radical (unpaired) electrons. The third-order valence-electron chi connectivity index (χ3n) is 2.59. The lowest BCUT2D eigenvalue weighted by molar-refractivity contribution is 0.523. The number of nitrogens with one attached hydrogen (secondary N) is 1. The van der Waals surface area contributed by atoms with Crippen LogP contribution in [0.1, 0.15) is 26.7 Å². The second kappa shape index (κ2) is 6.36. The standard InChI is InChI=1S/C9H18N2O2S2/c1-4-9(5-2,14-3)8-11-15(12,13)7-6-10/h11H,4-5,7-8H2,1-3H3. The van der Waals surface area contributed by atoms with Gasteiger partial charge >= 0.3 is 0 Å². The fourth-order valence-corrected chi connectivity index (χ4v) is 2.89. The van der Waals surface area contributed by atoms with Gasteiger partial charge in [0.25, 0.3) is 0 Å². The molecule has 0 aliphatic carbocycles. The largest absolute Gasteiger partial charge is 0.225 e. The Bertz CT molecular complexity index is 307. The van der Waals surface area contributed by atoms with Gasteiger partial charge in [0.2, 0.25) is 10.0 Å². The molecule has 0 aromatic rings. The summed E-state index contributed by atoms with van der Waals surface area (Å²) in [6.07, 6.45) is 3.78. The lowest BCUT2D eigenvalue weighted by atomic mass is 10.0. The third-order valence-corrected chi connectivity index (χ3v) is 5.27. The van der Waals surface area contributed by atoms with Crippen LogP contribution >= 0.6 is 11.8 Å². The fourth-order valence-electron chi connectivity index (χ4n) is 1.24. The van der Waals surface area contributed by atoms with Crippen LogP contribution in [-0.4, -0.2) is 31.7 Å². The van der Waals surface area contributed by atoms with Gasteiger partial charge in [0, 0.05) is 11.3 Å². The highest BCUT2D eigenvalue weighted by molar-refractivity contribution is 8.00. The topological polar surface area (TPSA) is 70.0 Å². The number of hydrogen-bond donors (Lipinski definition) is 1. The van der Waals surface area contributed by atoms with Crippen molar-refractivity contribution in [3.63, 3.8) is 0 Å². The number of thioether (sulfide) groups is 1. The van der Waals surface area contributed by atoms with Gasteiger partial charge in [-0.3, -0.25) is 0 Å². The van der Waals surface area contributed by atoms with Gasteiger partial charge in [0.05, 0.1) is 6.07 Å². The maximum absolute atomic E-state index is 11.3. The Labute approximate surface area is 96.5 Å². The monoisotopic (exact) mass is 250 g/mol. The van der Waals surface area contributed by atoms with E-state index in [2.05, 4.69) is 4.72 Å². The summed E-state index contributed by atoms with van der Waals surface area (Å²) in [5.41, 5.74) is 0. The van der Waals surface area contributed by atoms with E-state index in [0.29, 0.717) is 6.54 Å². The SMILES string of the molecule is CCC(CC)(CNS(=O)(=O)CC#N)SC. The zero-order valence-corrected chi connectivity index (χ0v) is 11.0. The van der Waals surface area contributed by atoms with Gasteiger partial charge in [0.1, 0.15) is 0 Å². The average Bonchev–Trinajstić information content (AvgIpc) is 2.21. The highest BCUT2D eigenvalue weighted by Crippen LogP contribution is 2.29. The fraction of sp³-hybridized carbons (Fsp3) is 0.889. The first-order valence-electron chi connectivity index (χ1n) is 4.84. The molecule has 0 spiro atoms. The summed E-state index contributed by atoms with van der Waals surface area (Å²) in [5.74, 6) is -0.467. The highest BCUT2D eigenvalue weighted by atomic mass is 32.2. The molecule has 15 heavy (non-hydrogen) atoms. The van der Waals surface area contributed by atoms with Gasteiger partial charge in [-0.1, -0.05) is 13.8 Å². The lowest BCUT2D eigenvalue weighted by Crippen LogP contribution is -2.40. The van der Waals surface area contributed by atoms with E-state index in [1.807, 2.05) is 20.1 Å². The first-order chi connectivity index (χ1) is 6.95. The van der Waals surface area contributed by atoms with Crippen LogP contribution < -0.4 is 4.72 Å². The van der Waals surface area contributed by atoms with Crippen molar-refractivity contribution in [1.29, 1.82) is 5.26 Å². The molecule has 0 rings (SSSR count). The third kappa shape index (κ3) is 4.87. The van der Waals surface area contributed by atoms with E-state index in [1.54, 1.807) is 17.8 Å². The molecule has 0 aliphatic heterocycles. The van der Waals surface area contributed by atoms with Crippen molar-refractivity contribution in [2.45, 2.75) is 31.4 Å². The van der Waals surface area contributed by atoms with Crippen LogP contribution in [0, 0.1) is 11.3 Å². The number of sulfonamides is 1. The minimum Gasteiger partial charge on any atom is -0.213 e. The van der Waals surface area contributed by atoms with E-state index in [0.717, 1.165) is 12.8 Å². The van der Waals surface area contributed by atoms with Crippen molar-refractivity contribution >= 4 is 21.8 Å². The van der Waals surface area contributed by atoms with E-state index in [1.165, 1.54) is 0 Å². The minimum atomic E-state index is -3.42. The van der Waals surface area contributed by atoms with Crippen molar-refractivity contribution in [3.05, 3.63) is 0 Å². The van der Waals surface area contributed by atoms with Crippen LogP contribution in [0.3, 0.4) is 0 Å². The quantitative estimate of drug-likeness (QED) is 0.740. The lowest BCUT2D eigenvalue weighted by Gasteiger charge is -2.29. The Hall–Kier alpha value is -0.250. The number of nitriles is 1. The van der Waals surface area contributed by atoms with Crippen molar-refractivity contribution in [3.8, 4) is 6.07 Å². The number of rotatable bonds is 7. The zero-order chi connectivity index (χ0) is 11.9.